The van der Waals surface area contributed by atoms with Crippen molar-refractivity contribution < 1.29 is 27.4 Å². The molecule has 3 rings (SSSR count). The molecule has 0 bridgehead atoms. The van der Waals surface area contributed by atoms with Gasteiger partial charge in [0, 0.05) is 6.08 Å². The molecular formula is C19H15F3N2O3. The van der Waals surface area contributed by atoms with Crippen LogP contribution in [-0.4, -0.2) is 28.9 Å². The molecule has 3 aromatic rings. The standard InChI is InChI=1S/C19H15F3N2O3/c1-26-18(25)14-11-23-24-15(14)7-8-17(16(24)9-10-19(20,21)22)27-12-13-5-3-2-4-6-13/h2-11H,12H2,1H3. The lowest BCUT2D eigenvalue weighted by Gasteiger charge is -2.11. The number of esters is 1. The minimum atomic E-state index is -4.50. The van der Waals surface area contributed by atoms with Crippen molar-refractivity contribution in [2.75, 3.05) is 7.11 Å². The number of rotatable bonds is 5. The average molecular weight is 376 g/mol. The van der Waals surface area contributed by atoms with Gasteiger partial charge in [-0.05, 0) is 23.8 Å². The summed E-state index contributed by atoms with van der Waals surface area (Å²) >= 11 is 0. The molecule has 0 radical (unpaired) electrons. The summed E-state index contributed by atoms with van der Waals surface area (Å²) in [5, 5.41) is 4.02. The number of hydrogen-bond acceptors (Lipinski definition) is 4. The first-order valence-electron chi connectivity index (χ1n) is 7.91. The van der Waals surface area contributed by atoms with Crippen LogP contribution in [0.5, 0.6) is 5.75 Å². The number of fused-ring (bicyclic) bond motifs is 1. The molecule has 0 unspecified atom stereocenters. The van der Waals surface area contributed by atoms with Gasteiger partial charge in [0.05, 0.1) is 18.8 Å². The van der Waals surface area contributed by atoms with Gasteiger partial charge in [-0.25, -0.2) is 9.31 Å². The molecule has 0 aliphatic rings. The third-order valence-corrected chi connectivity index (χ3v) is 3.75. The molecule has 0 N–H and O–H groups in total. The smallest absolute Gasteiger partial charge is 0.409 e. The lowest BCUT2D eigenvalue weighted by atomic mass is 10.2. The molecule has 0 fully saturated rings. The summed E-state index contributed by atoms with van der Waals surface area (Å²) in [6.07, 6.45) is -2.30. The van der Waals surface area contributed by atoms with E-state index in [2.05, 4.69) is 9.84 Å². The Morgan fingerprint density at radius 2 is 1.93 bits per heavy atom. The van der Waals surface area contributed by atoms with E-state index in [1.807, 2.05) is 30.3 Å². The van der Waals surface area contributed by atoms with Gasteiger partial charge in [-0.1, -0.05) is 30.3 Å². The number of pyridine rings is 1. The Bertz CT molecular complexity index is 979. The lowest BCUT2D eigenvalue weighted by Crippen LogP contribution is -2.05. The summed E-state index contributed by atoms with van der Waals surface area (Å²) in [7, 11) is 1.22. The molecule has 0 aliphatic heterocycles. The predicted molar refractivity (Wildman–Crippen MR) is 92.4 cm³/mol. The van der Waals surface area contributed by atoms with Gasteiger partial charge in [-0.3, -0.25) is 0 Å². The van der Waals surface area contributed by atoms with Crippen molar-refractivity contribution in [2.45, 2.75) is 12.8 Å². The van der Waals surface area contributed by atoms with E-state index in [4.69, 9.17) is 4.74 Å². The van der Waals surface area contributed by atoms with Gasteiger partial charge in [0.1, 0.15) is 23.6 Å². The predicted octanol–water partition coefficient (Wildman–Crippen LogP) is 4.28. The Hall–Kier alpha value is -3.29. The minimum Gasteiger partial charge on any atom is -0.487 e. The van der Waals surface area contributed by atoms with Crippen molar-refractivity contribution in [3.8, 4) is 5.75 Å². The zero-order valence-corrected chi connectivity index (χ0v) is 14.2. The van der Waals surface area contributed by atoms with Crippen LogP contribution in [0.25, 0.3) is 11.6 Å². The van der Waals surface area contributed by atoms with E-state index >= 15 is 0 Å². The van der Waals surface area contributed by atoms with Crippen molar-refractivity contribution in [1.82, 2.24) is 9.61 Å². The fraction of sp³-hybridized carbons (Fsp3) is 0.158. The molecule has 0 saturated carbocycles. The van der Waals surface area contributed by atoms with E-state index < -0.39 is 12.1 Å². The van der Waals surface area contributed by atoms with Crippen molar-refractivity contribution in [3.63, 3.8) is 0 Å². The number of hydrogen-bond donors (Lipinski definition) is 0. The van der Waals surface area contributed by atoms with Crippen LogP contribution >= 0.6 is 0 Å². The number of aromatic nitrogens is 2. The molecule has 2 heterocycles. The topological polar surface area (TPSA) is 52.8 Å². The molecule has 27 heavy (non-hydrogen) atoms. The maximum Gasteiger partial charge on any atom is 0.409 e. The zero-order valence-electron chi connectivity index (χ0n) is 14.2. The van der Waals surface area contributed by atoms with Crippen molar-refractivity contribution >= 4 is 17.6 Å². The van der Waals surface area contributed by atoms with Crippen LogP contribution in [0.15, 0.2) is 54.7 Å². The fourth-order valence-electron chi connectivity index (χ4n) is 2.51. The van der Waals surface area contributed by atoms with Crippen LogP contribution in [0.4, 0.5) is 13.2 Å². The van der Waals surface area contributed by atoms with E-state index in [0.717, 1.165) is 11.6 Å². The Balaban J connectivity index is 2.03. The SMILES string of the molecule is COC(=O)c1cnn2c(C=CC(F)(F)F)c(OCc3ccccc3)ccc12. The molecule has 0 aliphatic carbocycles. The molecule has 8 heteroatoms. The van der Waals surface area contributed by atoms with Crippen LogP contribution in [0, 0.1) is 0 Å². The zero-order chi connectivity index (χ0) is 19.4. The summed E-state index contributed by atoms with van der Waals surface area (Å²) in [5.41, 5.74) is 1.39. The van der Waals surface area contributed by atoms with Gasteiger partial charge in [-0.2, -0.15) is 18.3 Å². The lowest BCUT2D eigenvalue weighted by molar-refractivity contribution is -0.0790. The summed E-state index contributed by atoms with van der Waals surface area (Å²) in [6, 6.07) is 12.3. The number of methoxy groups -OCH3 is 1. The number of allylic oxidation sites excluding steroid dienone is 1. The van der Waals surface area contributed by atoms with Crippen molar-refractivity contribution in [1.29, 1.82) is 0 Å². The molecular weight excluding hydrogens is 361 g/mol. The fourth-order valence-corrected chi connectivity index (χ4v) is 2.51. The number of halogens is 3. The second kappa shape index (κ2) is 7.53. The quantitative estimate of drug-likeness (QED) is 0.624. The van der Waals surface area contributed by atoms with E-state index in [1.54, 1.807) is 6.07 Å². The molecule has 0 spiro atoms. The Morgan fingerprint density at radius 3 is 2.59 bits per heavy atom. The highest BCUT2D eigenvalue weighted by atomic mass is 19.4. The first kappa shape index (κ1) is 18.5. The Kier molecular flexibility index (Phi) is 5.16. The van der Waals surface area contributed by atoms with E-state index in [0.29, 0.717) is 5.52 Å². The summed E-state index contributed by atoms with van der Waals surface area (Å²) < 4.78 is 49.6. The highest BCUT2D eigenvalue weighted by molar-refractivity contribution is 5.97. The average Bonchev–Trinajstić information content (AvgIpc) is 3.08. The monoisotopic (exact) mass is 376 g/mol. The van der Waals surface area contributed by atoms with Crippen molar-refractivity contribution in [3.05, 3.63) is 71.6 Å². The van der Waals surface area contributed by atoms with Crippen LogP contribution in [0.1, 0.15) is 21.6 Å². The Morgan fingerprint density at radius 1 is 1.19 bits per heavy atom. The van der Waals surface area contributed by atoms with Crippen molar-refractivity contribution in [2.24, 2.45) is 0 Å². The highest BCUT2D eigenvalue weighted by Crippen LogP contribution is 2.27. The second-order valence-electron chi connectivity index (χ2n) is 5.58. The molecule has 1 aromatic carbocycles. The third kappa shape index (κ3) is 4.28. The van der Waals surface area contributed by atoms with E-state index in [-0.39, 0.29) is 29.7 Å². The number of alkyl halides is 3. The largest absolute Gasteiger partial charge is 0.487 e. The normalized spacial score (nSPS) is 11.9. The van der Waals surface area contributed by atoms with E-state index in [9.17, 15) is 18.0 Å². The minimum absolute atomic E-state index is 0.0657. The highest BCUT2D eigenvalue weighted by Gasteiger charge is 2.23. The van der Waals surface area contributed by atoms with Gasteiger partial charge < -0.3 is 9.47 Å². The van der Waals surface area contributed by atoms with Crippen LogP contribution in [0.2, 0.25) is 0 Å². The van der Waals surface area contributed by atoms with Gasteiger partial charge in [0.25, 0.3) is 0 Å². The summed E-state index contributed by atoms with van der Waals surface area (Å²) in [6.45, 7) is 0.171. The maximum atomic E-state index is 12.7. The maximum absolute atomic E-state index is 12.7. The number of carbonyl (C=O) groups excluding carboxylic acids is 1. The van der Waals surface area contributed by atoms with Crippen LogP contribution < -0.4 is 4.74 Å². The molecule has 2 aromatic heterocycles. The summed E-state index contributed by atoms with van der Waals surface area (Å²) in [5.74, 6) is -0.430. The molecule has 5 nitrogen and oxygen atoms in total. The molecule has 0 atom stereocenters. The third-order valence-electron chi connectivity index (χ3n) is 3.75. The molecule has 0 saturated heterocycles. The van der Waals surface area contributed by atoms with Gasteiger partial charge in [0.2, 0.25) is 0 Å². The van der Waals surface area contributed by atoms with Gasteiger partial charge in [-0.15, -0.1) is 0 Å². The molecule has 140 valence electrons. The number of nitrogens with zero attached hydrogens (tertiary/aromatic N) is 2. The number of benzene rings is 1. The Labute approximate surface area is 152 Å². The first-order chi connectivity index (χ1) is 12.9. The number of carbonyl (C=O) groups is 1. The second-order valence-corrected chi connectivity index (χ2v) is 5.58. The number of ether oxygens (including phenoxy) is 2. The van der Waals surface area contributed by atoms with Gasteiger partial charge >= 0.3 is 12.1 Å². The van der Waals surface area contributed by atoms with Crippen LogP contribution in [0.3, 0.4) is 0 Å². The summed E-state index contributed by atoms with van der Waals surface area (Å²) in [4.78, 5) is 11.8. The van der Waals surface area contributed by atoms with Gasteiger partial charge in [0.15, 0.2) is 0 Å². The van der Waals surface area contributed by atoms with E-state index in [1.165, 1.54) is 23.9 Å². The first-order valence-corrected chi connectivity index (χ1v) is 7.91. The molecule has 0 amide bonds. The van der Waals surface area contributed by atoms with Crippen LogP contribution in [-0.2, 0) is 11.3 Å².